The molecule has 2 aliphatic rings. The number of carbonyl (C=O) groups excluding carboxylic acids is 1. The lowest BCUT2D eigenvalue weighted by atomic mass is 10.1. The molecule has 1 atom stereocenters. The first-order valence-corrected chi connectivity index (χ1v) is 6.78. The Balaban J connectivity index is 1.98. The summed E-state index contributed by atoms with van der Waals surface area (Å²) in [7, 11) is 0. The number of anilines is 1. The average molecular weight is 261 g/mol. The number of nitrogens with zero attached hydrogens (tertiary/aromatic N) is 1. The molecule has 1 saturated heterocycles. The van der Waals surface area contributed by atoms with Gasteiger partial charge in [-0.25, -0.2) is 0 Å². The minimum Gasteiger partial charge on any atom is -0.488 e. The van der Waals surface area contributed by atoms with Gasteiger partial charge in [0.15, 0.2) is 5.75 Å². The molecular weight excluding hydrogens is 242 g/mol. The van der Waals surface area contributed by atoms with E-state index in [4.69, 9.17) is 4.74 Å². The number of amides is 1. The molecule has 0 aromatic heterocycles. The van der Waals surface area contributed by atoms with Gasteiger partial charge in [0, 0.05) is 26.2 Å². The molecule has 3 rings (SSSR count). The topological polar surface area (TPSA) is 53.6 Å². The minimum absolute atomic E-state index is 0.0378. The van der Waals surface area contributed by atoms with Crippen molar-refractivity contribution in [3.8, 4) is 5.75 Å². The standard InChI is InChI=1S/C14H19N3O2/c1-10-9-19-13-11(14(18)16-10)3-2-4-12(13)17-7-5-15-6-8-17/h2-4,10,15H,5-9H2,1H3,(H,16,18). The molecule has 1 aromatic rings. The number of rotatable bonds is 1. The molecule has 5 heteroatoms. The number of benzene rings is 1. The number of ether oxygens (including phenoxy) is 1. The van der Waals surface area contributed by atoms with Crippen molar-refractivity contribution < 1.29 is 9.53 Å². The van der Waals surface area contributed by atoms with E-state index in [1.54, 1.807) is 0 Å². The summed E-state index contributed by atoms with van der Waals surface area (Å²) >= 11 is 0. The summed E-state index contributed by atoms with van der Waals surface area (Å²) in [6.45, 7) is 6.28. The summed E-state index contributed by atoms with van der Waals surface area (Å²) in [5.74, 6) is 0.684. The van der Waals surface area contributed by atoms with Gasteiger partial charge < -0.3 is 20.3 Å². The molecule has 1 amide bonds. The fourth-order valence-electron chi connectivity index (χ4n) is 2.56. The van der Waals surface area contributed by atoms with Gasteiger partial charge in [-0.2, -0.15) is 0 Å². The Labute approximate surface area is 112 Å². The highest BCUT2D eigenvalue weighted by Gasteiger charge is 2.25. The third-order valence-electron chi connectivity index (χ3n) is 3.55. The lowest BCUT2D eigenvalue weighted by molar-refractivity contribution is 0.0942. The van der Waals surface area contributed by atoms with E-state index in [1.165, 1.54) is 0 Å². The van der Waals surface area contributed by atoms with Gasteiger partial charge in [-0.3, -0.25) is 4.79 Å². The van der Waals surface area contributed by atoms with Crippen molar-refractivity contribution >= 4 is 11.6 Å². The second kappa shape index (κ2) is 5.09. The molecule has 1 unspecified atom stereocenters. The largest absolute Gasteiger partial charge is 0.488 e. The van der Waals surface area contributed by atoms with E-state index in [0.29, 0.717) is 12.2 Å². The van der Waals surface area contributed by atoms with Crippen LogP contribution >= 0.6 is 0 Å². The van der Waals surface area contributed by atoms with Crippen LogP contribution in [0, 0.1) is 0 Å². The third-order valence-corrected chi connectivity index (χ3v) is 3.55. The molecule has 0 radical (unpaired) electrons. The zero-order chi connectivity index (χ0) is 13.2. The molecule has 19 heavy (non-hydrogen) atoms. The van der Waals surface area contributed by atoms with Gasteiger partial charge in [-0.1, -0.05) is 6.07 Å². The number of hydrogen-bond donors (Lipinski definition) is 2. The number of para-hydroxylation sites is 1. The summed E-state index contributed by atoms with van der Waals surface area (Å²) in [6.07, 6.45) is 0. The summed E-state index contributed by atoms with van der Waals surface area (Å²) in [4.78, 5) is 14.4. The Morgan fingerprint density at radius 2 is 2.11 bits per heavy atom. The first-order chi connectivity index (χ1) is 9.25. The summed E-state index contributed by atoms with van der Waals surface area (Å²) < 4.78 is 5.87. The van der Waals surface area contributed by atoms with E-state index in [2.05, 4.69) is 15.5 Å². The van der Waals surface area contributed by atoms with Gasteiger partial charge in [0.25, 0.3) is 5.91 Å². The Bertz CT molecular complexity index is 484. The first kappa shape index (κ1) is 12.3. The van der Waals surface area contributed by atoms with E-state index >= 15 is 0 Å². The lowest BCUT2D eigenvalue weighted by Gasteiger charge is -2.31. The van der Waals surface area contributed by atoms with Crippen LogP contribution in [0.4, 0.5) is 5.69 Å². The Hall–Kier alpha value is -1.75. The summed E-state index contributed by atoms with van der Waals surface area (Å²) in [5.41, 5.74) is 1.67. The molecule has 0 spiro atoms. The lowest BCUT2D eigenvalue weighted by Crippen LogP contribution is -2.43. The Morgan fingerprint density at radius 1 is 1.32 bits per heavy atom. The van der Waals surface area contributed by atoms with Crippen LogP contribution in [0.25, 0.3) is 0 Å². The highest BCUT2D eigenvalue weighted by molar-refractivity contribution is 5.99. The highest BCUT2D eigenvalue weighted by atomic mass is 16.5. The van der Waals surface area contributed by atoms with E-state index in [1.807, 2.05) is 25.1 Å². The fourth-order valence-corrected chi connectivity index (χ4v) is 2.56. The average Bonchev–Trinajstić information content (AvgIpc) is 2.59. The van der Waals surface area contributed by atoms with Crippen LogP contribution in [0.15, 0.2) is 18.2 Å². The highest BCUT2D eigenvalue weighted by Crippen LogP contribution is 2.33. The molecule has 0 aliphatic carbocycles. The van der Waals surface area contributed by atoms with Crippen LogP contribution in [-0.4, -0.2) is 44.7 Å². The summed E-state index contributed by atoms with van der Waals surface area (Å²) in [5, 5.41) is 6.26. The maximum atomic E-state index is 12.1. The van der Waals surface area contributed by atoms with Crippen LogP contribution in [-0.2, 0) is 0 Å². The summed E-state index contributed by atoms with van der Waals surface area (Å²) in [6, 6.07) is 5.83. The van der Waals surface area contributed by atoms with Gasteiger partial charge >= 0.3 is 0 Å². The van der Waals surface area contributed by atoms with Crippen molar-refractivity contribution in [2.75, 3.05) is 37.7 Å². The minimum atomic E-state index is -0.0445. The molecule has 2 N–H and O–H groups in total. The van der Waals surface area contributed by atoms with Crippen molar-refractivity contribution in [1.29, 1.82) is 0 Å². The molecule has 102 valence electrons. The van der Waals surface area contributed by atoms with Crippen LogP contribution in [0.2, 0.25) is 0 Å². The molecule has 1 aromatic carbocycles. The van der Waals surface area contributed by atoms with E-state index in [9.17, 15) is 4.79 Å². The maximum absolute atomic E-state index is 12.1. The predicted octanol–water partition coefficient (Wildman–Crippen LogP) is 0.607. The zero-order valence-corrected chi connectivity index (χ0v) is 11.1. The van der Waals surface area contributed by atoms with Crippen molar-refractivity contribution in [1.82, 2.24) is 10.6 Å². The van der Waals surface area contributed by atoms with Gasteiger partial charge in [0.05, 0.1) is 17.3 Å². The maximum Gasteiger partial charge on any atom is 0.255 e. The van der Waals surface area contributed by atoms with Gasteiger partial charge in [0.2, 0.25) is 0 Å². The molecular formula is C14H19N3O2. The molecule has 1 fully saturated rings. The quantitative estimate of drug-likeness (QED) is 0.777. The van der Waals surface area contributed by atoms with Gasteiger partial charge in [0.1, 0.15) is 6.61 Å². The predicted molar refractivity (Wildman–Crippen MR) is 73.9 cm³/mol. The first-order valence-electron chi connectivity index (χ1n) is 6.78. The van der Waals surface area contributed by atoms with Crippen molar-refractivity contribution in [2.24, 2.45) is 0 Å². The fraction of sp³-hybridized carbons (Fsp3) is 0.500. The van der Waals surface area contributed by atoms with Crippen LogP contribution < -0.4 is 20.3 Å². The Kier molecular flexibility index (Phi) is 3.29. The molecule has 2 heterocycles. The van der Waals surface area contributed by atoms with E-state index in [0.717, 1.165) is 37.6 Å². The smallest absolute Gasteiger partial charge is 0.255 e. The van der Waals surface area contributed by atoms with Crippen molar-refractivity contribution in [3.05, 3.63) is 23.8 Å². The van der Waals surface area contributed by atoms with Crippen LogP contribution in [0.5, 0.6) is 5.75 Å². The van der Waals surface area contributed by atoms with Gasteiger partial charge in [-0.15, -0.1) is 0 Å². The van der Waals surface area contributed by atoms with Crippen molar-refractivity contribution in [3.63, 3.8) is 0 Å². The normalized spacial score (nSPS) is 23.1. The van der Waals surface area contributed by atoms with Crippen LogP contribution in [0.1, 0.15) is 17.3 Å². The third kappa shape index (κ3) is 2.38. The number of piperazine rings is 1. The zero-order valence-electron chi connectivity index (χ0n) is 11.1. The van der Waals surface area contributed by atoms with Crippen molar-refractivity contribution in [2.45, 2.75) is 13.0 Å². The molecule has 0 saturated carbocycles. The number of fused-ring (bicyclic) bond motifs is 1. The molecule has 5 nitrogen and oxygen atoms in total. The van der Waals surface area contributed by atoms with Gasteiger partial charge in [-0.05, 0) is 19.1 Å². The SMILES string of the molecule is CC1COc2c(cccc2N2CCNCC2)C(=O)N1. The number of hydrogen-bond acceptors (Lipinski definition) is 4. The van der Waals surface area contributed by atoms with Crippen LogP contribution in [0.3, 0.4) is 0 Å². The van der Waals surface area contributed by atoms with E-state index < -0.39 is 0 Å². The molecule has 2 aliphatic heterocycles. The monoisotopic (exact) mass is 261 g/mol. The number of carbonyl (C=O) groups is 1. The number of nitrogens with one attached hydrogen (secondary N) is 2. The molecule has 0 bridgehead atoms. The second-order valence-electron chi connectivity index (χ2n) is 5.08. The Morgan fingerprint density at radius 3 is 2.89 bits per heavy atom. The second-order valence-corrected chi connectivity index (χ2v) is 5.08. The van der Waals surface area contributed by atoms with E-state index in [-0.39, 0.29) is 11.9 Å².